The van der Waals surface area contributed by atoms with E-state index < -0.39 is 6.09 Å². The normalized spacial score (nSPS) is 10.3. The fourth-order valence-electron chi connectivity index (χ4n) is 0.729. The van der Waals surface area contributed by atoms with Gasteiger partial charge in [-0.3, -0.25) is 0 Å². The van der Waals surface area contributed by atoms with Gasteiger partial charge in [0.2, 0.25) is 0 Å². The highest BCUT2D eigenvalue weighted by atomic mass is 35.5. The molecule has 1 aromatic rings. The Bertz CT molecular complexity index is 319. The number of amides is 1. The molecule has 0 fully saturated rings. The molecule has 0 N–H and O–H groups in total. The summed E-state index contributed by atoms with van der Waals surface area (Å²) in [5.41, 5.74) is 0.801. The van der Waals surface area contributed by atoms with Crippen molar-refractivity contribution in [2.24, 2.45) is 4.99 Å². The van der Waals surface area contributed by atoms with Crippen molar-refractivity contribution in [3.63, 3.8) is 0 Å². The van der Waals surface area contributed by atoms with Crippen LogP contribution in [0, 0.1) is 0 Å². The van der Waals surface area contributed by atoms with Gasteiger partial charge in [-0.15, -0.1) is 0 Å². The molecule has 0 aromatic heterocycles. The fourth-order valence-corrected chi connectivity index (χ4v) is 0.855. The molecule has 0 atom stereocenters. The maximum absolute atomic E-state index is 10.6. The molecule has 0 saturated carbocycles. The van der Waals surface area contributed by atoms with E-state index in [-0.39, 0.29) is 0 Å². The number of ether oxygens (including phenoxy) is 1. The molecule has 0 bridgehead atoms. The Hall–Kier alpha value is -1.35. The molecule has 1 amide bonds. The molecule has 68 valence electrons. The smallest absolute Gasteiger partial charge is 0.433 e. The van der Waals surface area contributed by atoms with Gasteiger partial charge in [-0.2, -0.15) is 4.99 Å². The third-order valence-electron chi connectivity index (χ3n) is 1.36. The van der Waals surface area contributed by atoms with Crippen molar-refractivity contribution in [3.05, 3.63) is 34.9 Å². The van der Waals surface area contributed by atoms with E-state index in [0.29, 0.717) is 5.02 Å². The van der Waals surface area contributed by atoms with Crippen LogP contribution in [-0.4, -0.2) is 19.4 Å². The lowest BCUT2D eigenvalue weighted by Gasteiger charge is -1.92. The molecule has 0 radical (unpaired) electrons. The lowest BCUT2D eigenvalue weighted by molar-refractivity contribution is 0.183. The van der Waals surface area contributed by atoms with Crippen LogP contribution in [-0.2, 0) is 4.74 Å². The van der Waals surface area contributed by atoms with Gasteiger partial charge in [0, 0.05) is 11.2 Å². The minimum atomic E-state index is -0.616. The average Bonchev–Trinajstić information content (AvgIpc) is 2.16. The second kappa shape index (κ2) is 4.62. The summed E-state index contributed by atoms with van der Waals surface area (Å²) in [6.45, 7) is 0. The maximum Gasteiger partial charge on any atom is 0.433 e. The number of rotatable bonds is 1. The first-order valence-electron chi connectivity index (χ1n) is 3.60. The Balaban J connectivity index is 2.69. The molecule has 1 aromatic carbocycles. The number of hydrogen-bond acceptors (Lipinski definition) is 2. The molecule has 0 spiro atoms. The van der Waals surface area contributed by atoms with Crippen molar-refractivity contribution in [2.75, 3.05) is 7.11 Å². The highest BCUT2D eigenvalue weighted by Gasteiger charge is 1.92. The number of methoxy groups -OCH3 is 1. The van der Waals surface area contributed by atoms with Crippen LogP contribution in [0.4, 0.5) is 4.79 Å². The van der Waals surface area contributed by atoms with Gasteiger partial charge in [0.05, 0.1) is 7.11 Å². The van der Waals surface area contributed by atoms with Crippen LogP contribution in [0.15, 0.2) is 29.3 Å². The molecule has 0 aliphatic heterocycles. The number of aliphatic imine (C=N–C) groups is 1. The van der Waals surface area contributed by atoms with Crippen LogP contribution in [0.3, 0.4) is 0 Å². The largest absolute Gasteiger partial charge is 0.451 e. The van der Waals surface area contributed by atoms with E-state index >= 15 is 0 Å². The molecule has 0 unspecified atom stereocenters. The van der Waals surface area contributed by atoms with E-state index in [0.717, 1.165) is 5.56 Å². The van der Waals surface area contributed by atoms with Gasteiger partial charge < -0.3 is 4.74 Å². The molecule has 0 saturated heterocycles. The number of halogens is 1. The van der Waals surface area contributed by atoms with Crippen molar-refractivity contribution in [1.29, 1.82) is 0 Å². The Kier molecular flexibility index (Phi) is 3.46. The van der Waals surface area contributed by atoms with Crippen LogP contribution in [0.5, 0.6) is 0 Å². The van der Waals surface area contributed by atoms with Crippen molar-refractivity contribution >= 4 is 23.9 Å². The van der Waals surface area contributed by atoms with Gasteiger partial charge in [0.15, 0.2) is 0 Å². The highest BCUT2D eigenvalue weighted by molar-refractivity contribution is 6.30. The average molecular weight is 198 g/mol. The van der Waals surface area contributed by atoms with Crippen molar-refractivity contribution < 1.29 is 9.53 Å². The van der Waals surface area contributed by atoms with Crippen molar-refractivity contribution in [3.8, 4) is 0 Å². The first kappa shape index (κ1) is 9.74. The Morgan fingerprint density at radius 1 is 1.46 bits per heavy atom. The predicted octanol–water partition coefficient (Wildman–Crippen LogP) is 2.53. The number of nitrogens with zero attached hydrogens (tertiary/aromatic N) is 1. The lowest BCUT2D eigenvalue weighted by atomic mass is 10.2. The highest BCUT2D eigenvalue weighted by Crippen LogP contribution is 2.07. The van der Waals surface area contributed by atoms with Crippen LogP contribution in [0.25, 0.3) is 0 Å². The zero-order valence-electron chi connectivity index (χ0n) is 7.03. The Morgan fingerprint density at radius 3 is 2.62 bits per heavy atom. The summed E-state index contributed by atoms with van der Waals surface area (Å²) in [6, 6.07) is 6.96. The Labute approximate surface area is 81.0 Å². The zero-order valence-corrected chi connectivity index (χ0v) is 7.78. The summed E-state index contributed by atoms with van der Waals surface area (Å²) >= 11 is 5.67. The minimum absolute atomic E-state index is 0.616. The van der Waals surface area contributed by atoms with Crippen LogP contribution in [0.1, 0.15) is 5.56 Å². The van der Waals surface area contributed by atoms with Gasteiger partial charge in [0.1, 0.15) is 0 Å². The summed E-state index contributed by atoms with van der Waals surface area (Å²) in [7, 11) is 1.28. The first-order valence-corrected chi connectivity index (χ1v) is 3.98. The summed E-state index contributed by atoms with van der Waals surface area (Å²) in [5, 5.41) is 0.648. The van der Waals surface area contributed by atoms with E-state index in [9.17, 15) is 4.79 Å². The summed E-state index contributed by atoms with van der Waals surface area (Å²) in [6.07, 6.45) is 0.803. The monoisotopic (exact) mass is 197 g/mol. The van der Waals surface area contributed by atoms with Crippen LogP contribution >= 0.6 is 11.6 Å². The standard InChI is InChI=1S/C9H8ClNO2/c1-13-9(12)11-6-7-2-4-8(10)5-3-7/h2-6H,1H3. The van der Waals surface area contributed by atoms with Crippen molar-refractivity contribution in [1.82, 2.24) is 0 Å². The molecular formula is C9H8ClNO2. The minimum Gasteiger partial charge on any atom is -0.451 e. The summed E-state index contributed by atoms with van der Waals surface area (Å²) < 4.78 is 4.33. The zero-order chi connectivity index (χ0) is 9.68. The van der Waals surface area contributed by atoms with E-state index in [1.807, 2.05) is 0 Å². The molecule has 3 nitrogen and oxygen atoms in total. The molecule has 1 rings (SSSR count). The maximum atomic E-state index is 10.6. The van der Waals surface area contributed by atoms with Crippen LogP contribution in [0.2, 0.25) is 5.02 Å². The van der Waals surface area contributed by atoms with Crippen molar-refractivity contribution in [2.45, 2.75) is 0 Å². The van der Waals surface area contributed by atoms with Crippen LogP contribution < -0.4 is 0 Å². The predicted molar refractivity (Wildman–Crippen MR) is 51.5 cm³/mol. The Morgan fingerprint density at radius 2 is 2.08 bits per heavy atom. The number of hydrogen-bond donors (Lipinski definition) is 0. The van der Waals surface area contributed by atoms with Gasteiger partial charge >= 0.3 is 6.09 Å². The number of benzene rings is 1. The second-order valence-electron chi connectivity index (χ2n) is 2.28. The summed E-state index contributed by atoms with van der Waals surface area (Å²) in [4.78, 5) is 14.1. The molecule has 4 heteroatoms. The number of carbonyl (C=O) groups is 1. The SMILES string of the molecule is COC(=O)N=Cc1ccc(Cl)cc1. The first-order chi connectivity index (χ1) is 6.22. The van der Waals surface area contributed by atoms with Gasteiger partial charge in [-0.05, 0) is 17.7 Å². The quantitative estimate of drug-likeness (QED) is 0.649. The third kappa shape index (κ3) is 3.25. The summed E-state index contributed by atoms with van der Waals surface area (Å²) in [5.74, 6) is 0. The van der Waals surface area contributed by atoms with E-state index in [2.05, 4.69) is 9.73 Å². The molecule has 0 aliphatic rings. The van der Waals surface area contributed by atoms with Gasteiger partial charge in [0.25, 0.3) is 0 Å². The molecule has 0 aliphatic carbocycles. The second-order valence-corrected chi connectivity index (χ2v) is 2.72. The van der Waals surface area contributed by atoms with Gasteiger partial charge in [-0.25, -0.2) is 4.79 Å². The van der Waals surface area contributed by atoms with E-state index in [4.69, 9.17) is 11.6 Å². The van der Waals surface area contributed by atoms with E-state index in [1.165, 1.54) is 13.3 Å². The third-order valence-corrected chi connectivity index (χ3v) is 1.62. The van der Waals surface area contributed by atoms with E-state index in [1.54, 1.807) is 24.3 Å². The molecule has 0 heterocycles. The van der Waals surface area contributed by atoms with Gasteiger partial charge in [-0.1, -0.05) is 23.7 Å². The fraction of sp³-hybridized carbons (Fsp3) is 0.111. The molecule has 13 heavy (non-hydrogen) atoms. The topological polar surface area (TPSA) is 38.7 Å². The molecular weight excluding hydrogens is 190 g/mol. The number of carbonyl (C=O) groups excluding carboxylic acids is 1. The lowest BCUT2D eigenvalue weighted by Crippen LogP contribution is -1.93.